The van der Waals surface area contributed by atoms with Crippen LogP contribution in [0, 0.1) is 13.8 Å². The van der Waals surface area contributed by atoms with Crippen molar-refractivity contribution in [1.82, 2.24) is 9.55 Å². The molecule has 2 aromatic carbocycles. The van der Waals surface area contributed by atoms with Gasteiger partial charge in [0.2, 0.25) is 0 Å². The number of nitrogens with zero attached hydrogens (tertiary/aromatic N) is 2. The van der Waals surface area contributed by atoms with Gasteiger partial charge < -0.3 is 0 Å². The predicted molar refractivity (Wildman–Crippen MR) is 97.5 cm³/mol. The SMILES string of the molecule is CCc1c(C)nc(C)n(C(c2ccccc2)c2ccccc2)c1=O. The van der Waals surface area contributed by atoms with E-state index in [0.29, 0.717) is 6.42 Å². The maximum atomic E-state index is 13.2. The minimum absolute atomic E-state index is 0.0557. The molecule has 0 N–H and O–H groups in total. The van der Waals surface area contributed by atoms with Crippen LogP contribution in [-0.4, -0.2) is 9.55 Å². The van der Waals surface area contributed by atoms with E-state index in [1.807, 2.05) is 61.7 Å². The zero-order valence-corrected chi connectivity index (χ0v) is 14.4. The van der Waals surface area contributed by atoms with Crippen LogP contribution in [0.4, 0.5) is 0 Å². The molecule has 3 aromatic rings. The van der Waals surface area contributed by atoms with Gasteiger partial charge in [0.05, 0.1) is 6.04 Å². The molecule has 0 unspecified atom stereocenters. The Hall–Kier alpha value is -2.68. The van der Waals surface area contributed by atoms with Gasteiger partial charge in [0, 0.05) is 11.3 Å². The van der Waals surface area contributed by atoms with E-state index >= 15 is 0 Å². The van der Waals surface area contributed by atoms with E-state index in [2.05, 4.69) is 29.2 Å². The van der Waals surface area contributed by atoms with E-state index in [1.54, 1.807) is 0 Å². The van der Waals surface area contributed by atoms with Crippen LogP contribution in [0.5, 0.6) is 0 Å². The second kappa shape index (κ2) is 6.83. The third-order valence-electron chi connectivity index (χ3n) is 4.43. The predicted octanol–water partition coefficient (Wildman–Crippen LogP) is 4.06. The lowest BCUT2D eigenvalue weighted by Crippen LogP contribution is -2.32. The monoisotopic (exact) mass is 318 g/mol. The zero-order chi connectivity index (χ0) is 17.1. The smallest absolute Gasteiger partial charge is 0.257 e. The molecule has 0 bridgehead atoms. The van der Waals surface area contributed by atoms with Crippen LogP contribution in [0.25, 0.3) is 0 Å². The Labute approximate surface area is 142 Å². The van der Waals surface area contributed by atoms with Crippen LogP contribution in [0.2, 0.25) is 0 Å². The minimum atomic E-state index is -0.168. The number of hydrogen-bond donors (Lipinski definition) is 0. The van der Waals surface area contributed by atoms with Gasteiger partial charge in [-0.3, -0.25) is 9.36 Å². The molecule has 0 saturated heterocycles. The molecule has 0 amide bonds. The van der Waals surface area contributed by atoms with Crippen molar-refractivity contribution >= 4 is 0 Å². The van der Waals surface area contributed by atoms with Crippen molar-refractivity contribution in [3.8, 4) is 0 Å². The van der Waals surface area contributed by atoms with E-state index in [4.69, 9.17) is 0 Å². The molecule has 0 aliphatic carbocycles. The van der Waals surface area contributed by atoms with E-state index in [9.17, 15) is 4.79 Å². The first-order valence-corrected chi connectivity index (χ1v) is 8.32. The number of aryl methyl sites for hydroxylation is 2. The second-order valence-electron chi connectivity index (χ2n) is 5.98. The molecule has 1 heterocycles. The lowest BCUT2D eigenvalue weighted by molar-refractivity contribution is 0.600. The van der Waals surface area contributed by atoms with Crippen molar-refractivity contribution in [3.05, 3.63) is 99.2 Å². The summed E-state index contributed by atoms with van der Waals surface area (Å²) in [6.07, 6.45) is 0.689. The van der Waals surface area contributed by atoms with Crippen molar-refractivity contribution in [1.29, 1.82) is 0 Å². The topological polar surface area (TPSA) is 34.9 Å². The van der Waals surface area contributed by atoms with Gasteiger partial charge >= 0.3 is 0 Å². The molecule has 3 rings (SSSR count). The fourth-order valence-electron chi connectivity index (χ4n) is 3.28. The summed E-state index contributed by atoms with van der Waals surface area (Å²) in [5.74, 6) is 0.743. The average Bonchev–Trinajstić information content (AvgIpc) is 2.60. The van der Waals surface area contributed by atoms with Gasteiger partial charge in [0.15, 0.2) is 0 Å². The lowest BCUT2D eigenvalue weighted by atomic mass is 9.97. The summed E-state index contributed by atoms with van der Waals surface area (Å²) < 4.78 is 1.83. The lowest BCUT2D eigenvalue weighted by Gasteiger charge is -2.24. The molecule has 0 aliphatic rings. The highest BCUT2D eigenvalue weighted by Gasteiger charge is 2.21. The first-order valence-electron chi connectivity index (χ1n) is 8.32. The van der Waals surface area contributed by atoms with Crippen molar-refractivity contribution < 1.29 is 0 Å². The Kier molecular flexibility index (Phi) is 4.61. The summed E-state index contributed by atoms with van der Waals surface area (Å²) in [6, 6.07) is 20.1. The molecular formula is C21H22N2O. The Morgan fingerprint density at radius 3 is 1.88 bits per heavy atom. The van der Waals surface area contributed by atoms with Crippen LogP contribution in [0.15, 0.2) is 65.5 Å². The van der Waals surface area contributed by atoms with Crippen LogP contribution in [0.3, 0.4) is 0 Å². The molecular weight excluding hydrogens is 296 g/mol. The van der Waals surface area contributed by atoms with Gasteiger partial charge in [-0.05, 0) is 31.4 Å². The Morgan fingerprint density at radius 2 is 1.42 bits per heavy atom. The molecule has 3 heteroatoms. The normalized spacial score (nSPS) is 11.0. The van der Waals surface area contributed by atoms with Crippen LogP contribution >= 0.6 is 0 Å². The third kappa shape index (κ3) is 2.90. The first-order chi connectivity index (χ1) is 11.6. The summed E-state index contributed by atoms with van der Waals surface area (Å²) in [4.78, 5) is 17.8. The van der Waals surface area contributed by atoms with E-state index in [1.165, 1.54) is 0 Å². The number of aromatic nitrogens is 2. The van der Waals surface area contributed by atoms with Gasteiger partial charge in [-0.25, -0.2) is 4.98 Å². The van der Waals surface area contributed by atoms with Gasteiger partial charge in [0.1, 0.15) is 5.82 Å². The summed E-state index contributed by atoms with van der Waals surface area (Å²) in [7, 11) is 0. The number of hydrogen-bond acceptors (Lipinski definition) is 2. The molecule has 0 fully saturated rings. The molecule has 24 heavy (non-hydrogen) atoms. The van der Waals surface area contributed by atoms with Crippen molar-refractivity contribution in [2.45, 2.75) is 33.2 Å². The van der Waals surface area contributed by atoms with Crippen molar-refractivity contribution in [2.24, 2.45) is 0 Å². The molecule has 0 aliphatic heterocycles. The van der Waals surface area contributed by atoms with E-state index in [-0.39, 0.29) is 11.6 Å². The molecule has 0 saturated carbocycles. The maximum absolute atomic E-state index is 13.2. The summed E-state index contributed by atoms with van der Waals surface area (Å²) in [5, 5.41) is 0. The van der Waals surface area contributed by atoms with Crippen molar-refractivity contribution in [2.75, 3.05) is 0 Å². The van der Waals surface area contributed by atoms with Gasteiger partial charge in [-0.1, -0.05) is 67.6 Å². The van der Waals surface area contributed by atoms with Crippen LogP contribution in [-0.2, 0) is 6.42 Å². The Morgan fingerprint density at radius 1 is 0.917 bits per heavy atom. The third-order valence-corrected chi connectivity index (χ3v) is 4.43. The van der Waals surface area contributed by atoms with Gasteiger partial charge in [0.25, 0.3) is 5.56 Å². The van der Waals surface area contributed by atoms with Crippen LogP contribution in [0.1, 0.15) is 41.2 Å². The largest absolute Gasteiger partial charge is 0.285 e. The first kappa shape index (κ1) is 16.2. The van der Waals surface area contributed by atoms with E-state index in [0.717, 1.165) is 28.2 Å². The van der Waals surface area contributed by atoms with Crippen molar-refractivity contribution in [3.63, 3.8) is 0 Å². The number of benzene rings is 2. The van der Waals surface area contributed by atoms with Gasteiger partial charge in [-0.2, -0.15) is 0 Å². The maximum Gasteiger partial charge on any atom is 0.257 e. The highest BCUT2D eigenvalue weighted by atomic mass is 16.1. The molecule has 0 radical (unpaired) electrons. The average molecular weight is 318 g/mol. The molecule has 1 aromatic heterocycles. The summed E-state index contributed by atoms with van der Waals surface area (Å²) in [6.45, 7) is 5.83. The second-order valence-corrected chi connectivity index (χ2v) is 5.98. The quantitative estimate of drug-likeness (QED) is 0.727. The fraction of sp³-hybridized carbons (Fsp3) is 0.238. The molecule has 0 atom stereocenters. The Balaban J connectivity index is 2.31. The molecule has 3 nitrogen and oxygen atoms in total. The minimum Gasteiger partial charge on any atom is -0.285 e. The summed E-state index contributed by atoms with van der Waals surface area (Å²) in [5.41, 5.74) is 3.84. The number of rotatable bonds is 4. The van der Waals surface area contributed by atoms with Gasteiger partial charge in [-0.15, -0.1) is 0 Å². The highest BCUT2D eigenvalue weighted by molar-refractivity contribution is 5.34. The van der Waals surface area contributed by atoms with Crippen LogP contribution < -0.4 is 5.56 Å². The molecule has 122 valence electrons. The highest BCUT2D eigenvalue weighted by Crippen LogP contribution is 2.26. The molecule has 0 spiro atoms. The fourth-order valence-corrected chi connectivity index (χ4v) is 3.28. The Bertz CT molecular complexity index is 843. The summed E-state index contributed by atoms with van der Waals surface area (Å²) >= 11 is 0. The van der Waals surface area contributed by atoms with E-state index < -0.39 is 0 Å². The zero-order valence-electron chi connectivity index (χ0n) is 14.4. The standard InChI is InChI=1S/C21H22N2O/c1-4-19-15(2)22-16(3)23(21(19)24)20(17-11-7-5-8-12-17)18-13-9-6-10-14-18/h5-14,20H,4H2,1-3H3.